The van der Waals surface area contributed by atoms with E-state index in [2.05, 4.69) is 4.72 Å². The molecule has 0 heterocycles. The highest BCUT2D eigenvalue weighted by molar-refractivity contribution is 8.24. The van der Waals surface area contributed by atoms with Crippen molar-refractivity contribution < 1.29 is 13.5 Å². The molecule has 0 aliphatic carbocycles. The predicted molar refractivity (Wildman–Crippen MR) is 45.1 cm³/mol. The molecule has 68 valence electrons. The molecule has 0 aromatic heterocycles. The van der Waals surface area contributed by atoms with Crippen molar-refractivity contribution in [1.82, 2.24) is 4.72 Å². The van der Waals surface area contributed by atoms with Gasteiger partial charge in [0.05, 0.1) is 12.4 Å². The average molecular weight is 182 g/mol. The molecular formula is C5H14N2O3S. The molecule has 0 aromatic rings. The minimum atomic E-state index is -2.52. The number of hydrogen-bond acceptors (Lipinski definition) is 3. The van der Waals surface area contributed by atoms with Crippen LogP contribution >= 0.6 is 10.8 Å². The molecule has 0 aromatic carbocycles. The molecule has 0 saturated carbocycles. The van der Waals surface area contributed by atoms with E-state index in [0.29, 0.717) is 0 Å². The van der Waals surface area contributed by atoms with Crippen LogP contribution in [0.3, 0.4) is 0 Å². The van der Waals surface area contributed by atoms with Gasteiger partial charge in [-0.15, -0.1) is 10.8 Å². The van der Waals surface area contributed by atoms with Gasteiger partial charge in [-0.25, -0.2) is 9.52 Å². The van der Waals surface area contributed by atoms with Crippen LogP contribution in [-0.2, 0) is 4.18 Å². The van der Waals surface area contributed by atoms with Gasteiger partial charge in [-0.3, -0.25) is 8.74 Å². The van der Waals surface area contributed by atoms with Crippen LogP contribution in [0.5, 0.6) is 0 Å². The Balaban J connectivity index is 4.22. The molecule has 2 amide bonds. The van der Waals surface area contributed by atoms with Gasteiger partial charge in [0.25, 0.3) is 0 Å². The first-order chi connectivity index (χ1) is 4.92. The maximum absolute atomic E-state index is 10.4. The largest absolute Gasteiger partial charge is 0.350 e. The Morgan fingerprint density at radius 3 is 2.27 bits per heavy atom. The van der Waals surface area contributed by atoms with E-state index in [1.807, 2.05) is 0 Å². The molecule has 0 fully saturated rings. The Hall–Kier alpha value is -0.460. The monoisotopic (exact) mass is 182 g/mol. The lowest BCUT2D eigenvalue weighted by Gasteiger charge is -2.39. The molecule has 1 atom stereocenters. The first-order valence-corrected chi connectivity index (χ1v) is 4.67. The van der Waals surface area contributed by atoms with Crippen molar-refractivity contribution in [3.63, 3.8) is 0 Å². The van der Waals surface area contributed by atoms with E-state index in [1.165, 1.54) is 7.11 Å². The quantitative estimate of drug-likeness (QED) is 0.604. The second-order valence-corrected chi connectivity index (χ2v) is 4.87. The van der Waals surface area contributed by atoms with Crippen LogP contribution in [0.2, 0.25) is 0 Å². The van der Waals surface area contributed by atoms with E-state index in [1.54, 1.807) is 13.8 Å². The number of urea groups is 1. The van der Waals surface area contributed by atoms with Crippen LogP contribution in [0.4, 0.5) is 4.79 Å². The fourth-order valence-corrected chi connectivity index (χ4v) is 1.49. The molecule has 6 heteroatoms. The van der Waals surface area contributed by atoms with Gasteiger partial charge in [-0.2, -0.15) is 0 Å². The normalized spacial score (nSPS) is 19.0. The molecule has 0 saturated heterocycles. The van der Waals surface area contributed by atoms with Crippen molar-refractivity contribution in [2.24, 2.45) is 5.73 Å². The Morgan fingerprint density at radius 1 is 1.73 bits per heavy atom. The summed E-state index contributed by atoms with van der Waals surface area (Å²) in [7, 11) is -1.19. The summed E-state index contributed by atoms with van der Waals surface area (Å²) in [5.41, 5.74) is 4.82. The standard InChI is InChI=1S/C5H14N2O3S/c1-4(2)11(9,10-3)7-5(6)8/h4,9H,1-3H3,(H3,6,7,8). The number of rotatable bonds is 3. The molecule has 5 nitrogen and oxygen atoms in total. The predicted octanol–water partition coefficient (Wildman–Crippen LogP) is 0.817. The molecule has 0 aliphatic heterocycles. The fourth-order valence-electron chi connectivity index (χ4n) is 0.496. The van der Waals surface area contributed by atoms with E-state index in [0.717, 1.165) is 0 Å². The zero-order valence-electron chi connectivity index (χ0n) is 6.83. The van der Waals surface area contributed by atoms with Crippen LogP contribution in [0.25, 0.3) is 0 Å². The lowest BCUT2D eigenvalue weighted by Crippen LogP contribution is -2.36. The minimum absolute atomic E-state index is 0.181. The number of hydrogen-bond donors (Lipinski definition) is 3. The second-order valence-electron chi connectivity index (χ2n) is 2.25. The van der Waals surface area contributed by atoms with Crippen LogP contribution in [-0.4, -0.2) is 22.9 Å². The molecule has 0 rings (SSSR count). The summed E-state index contributed by atoms with van der Waals surface area (Å²) in [4.78, 5) is 10.4. The second kappa shape index (κ2) is 3.80. The van der Waals surface area contributed by atoms with Crippen molar-refractivity contribution in [2.75, 3.05) is 7.11 Å². The Morgan fingerprint density at radius 2 is 2.18 bits per heavy atom. The number of nitrogens with two attached hydrogens (primary N) is 1. The molecule has 4 N–H and O–H groups in total. The number of nitrogens with one attached hydrogen (secondary N) is 1. The van der Waals surface area contributed by atoms with Gasteiger partial charge in [0.2, 0.25) is 0 Å². The Bertz CT molecular complexity index is 153. The van der Waals surface area contributed by atoms with Gasteiger partial charge in [-0.1, -0.05) is 0 Å². The van der Waals surface area contributed by atoms with E-state index in [-0.39, 0.29) is 5.25 Å². The zero-order valence-corrected chi connectivity index (χ0v) is 7.64. The first-order valence-electron chi connectivity index (χ1n) is 3.09. The number of carbonyl (C=O) groups is 1. The van der Waals surface area contributed by atoms with Crippen molar-refractivity contribution in [2.45, 2.75) is 19.1 Å². The number of primary amides is 1. The van der Waals surface area contributed by atoms with E-state index < -0.39 is 16.8 Å². The van der Waals surface area contributed by atoms with Crippen molar-refractivity contribution >= 4 is 16.8 Å². The summed E-state index contributed by atoms with van der Waals surface area (Å²) < 4.78 is 16.4. The van der Waals surface area contributed by atoms with E-state index in [9.17, 15) is 9.35 Å². The number of amides is 2. The van der Waals surface area contributed by atoms with Gasteiger partial charge in [0.15, 0.2) is 0 Å². The molecule has 11 heavy (non-hydrogen) atoms. The summed E-state index contributed by atoms with van der Waals surface area (Å²) in [5.74, 6) is 0. The van der Waals surface area contributed by atoms with Crippen LogP contribution in [0, 0.1) is 0 Å². The van der Waals surface area contributed by atoms with Gasteiger partial charge in [-0.05, 0) is 13.8 Å². The maximum Gasteiger partial charge on any atom is 0.330 e. The fraction of sp³-hybridized carbons (Fsp3) is 0.800. The lowest BCUT2D eigenvalue weighted by molar-refractivity contribution is 0.251. The smallest absolute Gasteiger partial charge is 0.330 e. The van der Waals surface area contributed by atoms with Crippen molar-refractivity contribution in [3.8, 4) is 0 Å². The van der Waals surface area contributed by atoms with Crippen LogP contribution in [0.15, 0.2) is 0 Å². The highest BCUT2D eigenvalue weighted by Crippen LogP contribution is 2.43. The SMILES string of the molecule is COS(O)(NC(N)=O)C(C)C. The third kappa shape index (κ3) is 2.96. The van der Waals surface area contributed by atoms with E-state index >= 15 is 0 Å². The van der Waals surface area contributed by atoms with Crippen LogP contribution < -0.4 is 10.5 Å². The highest BCUT2D eigenvalue weighted by Gasteiger charge is 2.20. The highest BCUT2D eigenvalue weighted by atomic mass is 32.3. The number of carbonyl (C=O) groups excluding carboxylic acids is 1. The average Bonchev–Trinajstić information content (AvgIpc) is 1.86. The topological polar surface area (TPSA) is 84.6 Å². The summed E-state index contributed by atoms with van der Waals surface area (Å²) in [5, 5.41) is -0.181. The van der Waals surface area contributed by atoms with Gasteiger partial charge in [0, 0.05) is 0 Å². The molecule has 1 unspecified atom stereocenters. The molecule has 0 bridgehead atoms. The summed E-state index contributed by atoms with van der Waals surface area (Å²) in [6.45, 7) is 3.46. The summed E-state index contributed by atoms with van der Waals surface area (Å²) >= 11 is 0. The Kier molecular flexibility index (Phi) is 3.64. The van der Waals surface area contributed by atoms with E-state index in [4.69, 9.17) is 9.92 Å². The van der Waals surface area contributed by atoms with Crippen molar-refractivity contribution in [3.05, 3.63) is 0 Å². The third-order valence-electron chi connectivity index (χ3n) is 1.14. The maximum atomic E-state index is 10.4. The summed E-state index contributed by atoms with van der Waals surface area (Å²) in [6, 6.07) is -0.780. The molecule has 0 aliphatic rings. The Labute approximate surface area is 67.8 Å². The molecular weight excluding hydrogens is 168 g/mol. The van der Waals surface area contributed by atoms with Gasteiger partial charge >= 0.3 is 6.03 Å². The van der Waals surface area contributed by atoms with Crippen LogP contribution in [0.1, 0.15) is 13.8 Å². The first kappa shape index (κ1) is 10.5. The molecule has 0 spiro atoms. The lowest BCUT2D eigenvalue weighted by atomic mass is 10.6. The van der Waals surface area contributed by atoms with Gasteiger partial charge < -0.3 is 5.73 Å². The summed E-state index contributed by atoms with van der Waals surface area (Å²) in [6.07, 6.45) is 0. The van der Waals surface area contributed by atoms with Crippen molar-refractivity contribution in [1.29, 1.82) is 0 Å². The minimum Gasteiger partial charge on any atom is -0.350 e. The zero-order chi connectivity index (χ0) is 9.07. The molecule has 0 radical (unpaired) electrons. The third-order valence-corrected chi connectivity index (χ3v) is 3.42. The van der Waals surface area contributed by atoms with Gasteiger partial charge in [0.1, 0.15) is 0 Å².